The lowest BCUT2D eigenvalue weighted by Gasteiger charge is -2.24. The highest BCUT2D eigenvalue weighted by atomic mass is 31.2. The molecule has 0 bridgehead atoms. The first kappa shape index (κ1) is 59.2. The zero-order valence-electron chi connectivity index (χ0n) is 41.3. The Labute approximate surface area is 389 Å². The number of furan rings is 1. The summed E-state index contributed by atoms with van der Waals surface area (Å²) in [6.45, 7) is 8.56. The lowest BCUT2D eigenvalue weighted by molar-refractivity contribution is -0.870. The maximum Gasteiger partial charge on any atom is 0.472 e. The summed E-state index contributed by atoms with van der Waals surface area (Å²) in [5.74, 6) is 1.42. The van der Waals surface area contributed by atoms with Crippen LogP contribution >= 0.6 is 7.82 Å². The number of allylic oxidation sites excluding steroid dienone is 6. The number of carbonyl (C=O) groups is 2. The minimum absolute atomic E-state index is 0.00223. The Morgan fingerprint density at radius 2 is 1.23 bits per heavy atom. The van der Waals surface area contributed by atoms with E-state index in [9.17, 15) is 24.2 Å². The first-order valence-corrected chi connectivity index (χ1v) is 26.3. The lowest BCUT2D eigenvalue weighted by atomic mass is 10.0. The summed E-state index contributed by atoms with van der Waals surface area (Å²) >= 11 is 0. The van der Waals surface area contributed by atoms with E-state index in [-0.39, 0.29) is 26.1 Å². The van der Waals surface area contributed by atoms with Crippen molar-refractivity contribution >= 4 is 19.8 Å². The highest BCUT2D eigenvalue weighted by Crippen LogP contribution is 2.43. The highest BCUT2D eigenvalue weighted by Gasteiger charge is 2.27. The number of carbonyl (C=O) groups excluding carboxylic acids is 2. The third-order valence-corrected chi connectivity index (χ3v) is 12.1. The van der Waals surface area contributed by atoms with Crippen molar-refractivity contribution in [3.63, 3.8) is 0 Å². The van der Waals surface area contributed by atoms with Gasteiger partial charge in [0.1, 0.15) is 31.3 Å². The van der Waals surface area contributed by atoms with Gasteiger partial charge in [-0.1, -0.05) is 140 Å². The topological polar surface area (TPSA) is 142 Å². The number of phosphoric acid groups is 1. The molecule has 12 heteroatoms. The van der Waals surface area contributed by atoms with E-state index in [2.05, 4.69) is 45.9 Å². The number of aliphatic hydroxyl groups excluding tert-OH is 1. The summed E-state index contributed by atoms with van der Waals surface area (Å²) in [7, 11) is 1.38. The normalized spacial score (nSPS) is 14.3. The number of rotatable bonds is 41. The van der Waals surface area contributed by atoms with Gasteiger partial charge < -0.3 is 28.4 Å². The minimum Gasteiger partial charge on any atom is -0.466 e. The molecule has 2 N–H and O–H groups in total. The van der Waals surface area contributed by atoms with Crippen molar-refractivity contribution in [2.75, 3.05) is 47.5 Å². The average Bonchev–Trinajstić information content (AvgIpc) is 3.51. The van der Waals surface area contributed by atoms with Crippen LogP contribution in [-0.2, 0) is 45.5 Å². The van der Waals surface area contributed by atoms with Gasteiger partial charge in [-0.15, -0.1) is 0 Å². The van der Waals surface area contributed by atoms with Gasteiger partial charge in [0.05, 0.1) is 33.9 Å². The number of ether oxygens (including phenoxy) is 2. The molecule has 0 fully saturated rings. The number of hydrogen-bond donors (Lipinski definition) is 2. The molecule has 0 aliphatic rings. The van der Waals surface area contributed by atoms with Gasteiger partial charge in [-0.3, -0.25) is 18.6 Å². The number of aliphatic hydroxyl groups is 1. The molecule has 0 saturated carbocycles. The molecule has 0 aliphatic heterocycles. The van der Waals surface area contributed by atoms with E-state index in [1.807, 2.05) is 39.4 Å². The van der Waals surface area contributed by atoms with Crippen molar-refractivity contribution in [1.29, 1.82) is 0 Å². The summed E-state index contributed by atoms with van der Waals surface area (Å²) < 4.78 is 40.6. The Morgan fingerprint density at radius 1 is 0.672 bits per heavy atom. The quantitative estimate of drug-likeness (QED) is 0.0163. The second kappa shape index (κ2) is 37.3. The molecule has 1 aromatic rings. The van der Waals surface area contributed by atoms with Crippen molar-refractivity contribution in [2.45, 2.75) is 200 Å². The molecule has 0 spiro atoms. The summed E-state index contributed by atoms with van der Waals surface area (Å²) in [5, 5.41) is 10.2. The van der Waals surface area contributed by atoms with Gasteiger partial charge in [0.15, 0.2) is 6.10 Å². The fourth-order valence-electron chi connectivity index (χ4n) is 6.91. The Bertz CT molecular complexity index is 1520. The van der Waals surface area contributed by atoms with Crippen LogP contribution in [0.4, 0.5) is 0 Å². The van der Waals surface area contributed by atoms with Crippen LogP contribution in [0.5, 0.6) is 0 Å². The zero-order valence-corrected chi connectivity index (χ0v) is 42.2. The van der Waals surface area contributed by atoms with E-state index in [0.29, 0.717) is 36.7 Å². The number of unbranched alkanes of at least 4 members (excludes halogenated alkanes) is 15. The van der Waals surface area contributed by atoms with Crippen LogP contribution in [0.15, 0.2) is 53.0 Å². The molecule has 1 aromatic heterocycles. The van der Waals surface area contributed by atoms with E-state index in [1.165, 1.54) is 99.7 Å². The number of phosphoric ester groups is 1. The number of nitrogens with zero attached hydrogens (tertiary/aromatic N) is 1. The number of quaternary nitrogens is 1. The van der Waals surface area contributed by atoms with Crippen molar-refractivity contribution < 1.29 is 51.6 Å². The molecule has 11 nitrogen and oxygen atoms in total. The SMILES string of the molecule is CCCCC/C=C\C/C=C\CC(O)/C=C\C=C\CCCC(=O)OC[C@H](COP(=O)(O)OCC[N+](C)(C)C)OC(=O)CCCCCCCCCCCCc1oc(CCCCC)c(C)c1C. The predicted octanol–water partition coefficient (Wildman–Crippen LogP) is 12.9. The molecule has 64 heavy (non-hydrogen) atoms. The highest BCUT2D eigenvalue weighted by molar-refractivity contribution is 7.47. The van der Waals surface area contributed by atoms with Crippen LogP contribution in [-0.4, -0.2) is 86.1 Å². The third-order valence-electron chi connectivity index (χ3n) is 11.1. The van der Waals surface area contributed by atoms with Gasteiger partial charge in [0.25, 0.3) is 0 Å². The minimum atomic E-state index is -4.42. The Balaban J connectivity index is 2.37. The van der Waals surface area contributed by atoms with Crippen LogP contribution in [0, 0.1) is 13.8 Å². The zero-order chi connectivity index (χ0) is 47.3. The Kier molecular flexibility index (Phi) is 34.5. The molecular weight excluding hydrogens is 830 g/mol. The summed E-state index contributed by atoms with van der Waals surface area (Å²) in [4.78, 5) is 35.6. The van der Waals surface area contributed by atoms with E-state index in [4.69, 9.17) is 22.9 Å². The van der Waals surface area contributed by atoms with Crippen LogP contribution < -0.4 is 0 Å². The molecule has 0 saturated heterocycles. The van der Waals surface area contributed by atoms with Gasteiger partial charge in [0, 0.05) is 25.7 Å². The largest absolute Gasteiger partial charge is 0.472 e. The van der Waals surface area contributed by atoms with Crippen LogP contribution in [0.1, 0.15) is 184 Å². The van der Waals surface area contributed by atoms with Gasteiger partial charge in [-0.2, -0.15) is 0 Å². The first-order chi connectivity index (χ1) is 30.7. The molecule has 0 aromatic carbocycles. The molecule has 0 aliphatic carbocycles. The standard InChI is InChI=1S/C52H90NO10P/c1-8-10-12-13-14-17-20-24-30-35-47(54)36-31-25-23-28-33-39-51(55)59-43-48(44-61-64(57,58)60-42-41-53(5,6)7)62-52(56)40-34-27-22-19-16-15-18-21-26-32-38-50-46(4)45(3)49(63-50)37-29-11-9-2/h14,17,23-25,30-31,36,47-48,54H,8-13,15-16,18-22,26-29,32-35,37-44H2,1-7H3/p+1/b17-14-,25-23+,30-24-,36-31-/t47?,48-/m1/s1. The third kappa shape index (κ3) is 33.7. The Morgan fingerprint density at radius 3 is 1.88 bits per heavy atom. The molecule has 1 rings (SSSR count). The van der Waals surface area contributed by atoms with Crippen molar-refractivity contribution in [3.8, 4) is 0 Å². The molecule has 368 valence electrons. The summed E-state index contributed by atoms with van der Waals surface area (Å²) in [6, 6.07) is 0. The molecule has 0 radical (unpaired) electrons. The van der Waals surface area contributed by atoms with Crippen LogP contribution in [0.25, 0.3) is 0 Å². The van der Waals surface area contributed by atoms with Crippen molar-refractivity contribution in [3.05, 3.63) is 71.3 Å². The van der Waals surface area contributed by atoms with E-state index in [0.717, 1.165) is 44.9 Å². The monoisotopic (exact) mass is 921 g/mol. The van der Waals surface area contributed by atoms with Crippen LogP contribution in [0.3, 0.4) is 0 Å². The average molecular weight is 921 g/mol. The molecule has 2 unspecified atom stereocenters. The number of hydrogen-bond acceptors (Lipinski definition) is 9. The van der Waals surface area contributed by atoms with Crippen molar-refractivity contribution in [2.24, 2.45) is 0 Å². The predicted molar refractivity (Wildman–Crippen MR) is 261 cm³/mol. The van der Waals surface area contributed by atoms with Gasteiger partial charge >= 0.3 is 19.8 Å². The number of likely N-dealkylation sites (N-methyl/N-ethyl adjacent to an activating group) is 1. The van der Waals surface area contributed by atoms with Gasteiger partial charge in [-0.25, -0.2) is 4.57 Å². The number of esters is 2. The van der Waals surface area contributed by atoms with E-state index in [1.54, 1.807) is 12.2 Å². The Hall–Kier alpha value is -2.79. The van der Waals surface area contributed by atoms with Crippen LogP contribution in [0.2, 0.25) is 0 Å². The van der Waals surface area contributed by atoms with Crippen molar-refractivity contribution in [1.82, 2.24) is 0 Å². The van der Waals surface area contributed by atoms with Gasteiger partial charge in [0.2, 0.25) is 0 Å². The molecule has 3 atom stereocenters. The van der Waals surface area contributed by atoms with E-state index >= 15 is 0 Å². The smallest absolute Gasteiger partial charge is 0.466 e. The number of aryl methyl sites for hydroxylation is 2. The first-order valence-electron chi connectivity index (χ1n) is 24.8. The lowest BCUT2D eigenvalue weighted by Crippen LogP contribution is -2.37. The second-order valence-electron chi connectivity index (χ2n) is 18.3. The molecule has 1 heterocycles. The van der Waals surface area contributed by atoms with E-state index < -0.39 is 38.6 Å². The summed E-state index contributed by atoms with van der Waals surface area (Å²) in [5.41, 5.74) is 2.68. The second-order valence-corrected chi connectivity index (χ2v) is 19.7. The fraction of sp³-hybridized carbons (Fsp3) is 0.731. The summed E-state index contributed by atoms with van der Waals surface area (Å²) in [6.07, 6.45) is 38.6. The molecular formula is C52H91NO10P+. The fourth-order valence-corrected chi connectivity index (χ4v) is 7.65. The maximum absolute atomic E-state index is 12.8. The maximum atomic E-state index is 12.8. The molecule has 0 amide bonds. The van der Waals surface area contributed by atoms with Gasteiger partial charge in [-0.05, 0) is 82.8 Å².